The van der Waals surface area contributed by atoms with Crippen LogP contribution in [0.2, 0.25) is 0 Å². The Morgan fingerprint density at radius 3 is 2.30 bits per heavy atom. The van der Waals surface area contributed by atoms with E-state index in [1.54, 1.807) is 0 Å². The Bertz CT molecular complexity index is 797. The van der Waals surface area contributed by atoms with E-state index in [0.717, 1.165) is 6.67 Å². The van der Waals surface area contributed by atoms with Crippen molar-refractivity contribution in [2.45, 2.75) is 97.6 Å². The van der Waals surface area contributed by atoms with Crippen molar-refractivity contribution in [1.82, 2.24) is 19.6 Å². The van der Waals surface area contributed by atoms with Gasteiger partial charge in [-0.3, -0.25) is 4.68 Å². The summed E-state index contributed by atoms with van der Waals surface area (Å²) in [5, 5.41) is 9.84. The molecule has 0 N–H and O–H groups in total. The molecule has 0 aromatic carbocycles. The van der Waals surface area contributed by atoms with Crippen LogP contribution in [0.4, 0.5) is 0 Å². The van der Waals surface area contributed by atoms with Crippen LogP contribution in [0.5, 0.6) is 0 Å². The van der Waals surface area contributed by atoms with Gasteiger partial charge in [-0.15, -0.1) is 0 Å². The molecule has 27 heavy (non-hydrogen) atoms. The molecule has 0 amide bonds. The highest BCUT2D eigenvalue weighted by molar-refractivity contribution is 5.30. The van der Waals surface area contributed by atoms with Crippen molar-refractivity contribution in [2.24, 2.45) is 11.8 Å². The number of nitrogens with zero attached hydrogens (tertiary/aromatic N) is 4. The van der Waals surface area contributed by atoms with Crippen LogP contribution in [-0.2, 0) is 6.67 Å². The molecule has 2 aliphatic rings. The molecular formula is C23H36N4. The van der Waals surface area contributed by atoms with Crippen molar-refractivity contribution in [2.75, 3.05) is 0 Å². The maximum atomic E-state index is 5.03. The first kappa shape index (κ1) is 18.8. The van der Waals surface area contributed by atoms with E-state index in [-0.39, 0.29) is 0 Å². The fourth-order valence-corrected chi connectivity index (χ4v) is 5.42. The Morgan fingerprint density at radius 2 is 1.59 bits per heavy atom. The van der Waals surface area contributed by atoms with Gasteiger partial charge in [0, 0.05) is 23.7 Å². The third-order valence-electron chi connectivity index (χ3n) is 7.19. The van der Waals surface area contributed by atoms with E-state index in [4.69, 9.17) is 10.2 Å². The molecule has 2 aliphatic carbocycles. The maximum absolute atomic E-state index is 5.03. The van der Waals surface area contributed by atoms with Crippen LogP contribution in [0.3, 0.4) is 0 Å². The second-order valence-electron chi connectivity index (χ2n) is 9.79. The molecule has 4 heteroatoms. The summed E-state index contributed by atoms with van der Waals surface area (Å²) < 4.78 is 4.40. The van der Waals surface area contributed by atoms with E-state index in [2.05, 4.69) is 63.3 Å². The Labute approximate surface area is 164 Å². The molecule has 0 spiro atoms. The fourth-order valence-electron chi connectivity index (χ4n) is 5.42. The number of fused-ring (bicyclic) bond motifs is 2. The summed E-state index contributed by atoms with van der Waals surface area (Å²) in [7, 11) is 0. The number of aromatic nitrogens is 4. The van der Waals surface area contributed by atoms with Crippen LogP contribution >= 0.6 is 0 Å². The number of hydrogen-bond donors (Lipinski definition) is 0. The zero-order chi connectivity index (χ0) is 19.3. The van der Waals surface area contributed by atoms with Crippen molar-refractivity contribution in [3.8, 4) is 0 Å². The van der Waals surface area contributed by atoms with Crippen LogP contribution in [0.1, 0.15) is 113 Å². The Hall–Kier alpha value is -1.58. The molecule has 0 unspecified atom stereocenters. The van der Waals surface area contributed by atoms with E-state index in [1.165, 1.54) is 48.2 Å². The third-order valence-corrected chi connectivity index (χ3v) is 7.19. The van der Waals surface area contributed by atoms with E-state index in [1.807, 2.05) is 0 Å². The van der Waals surface area contributed by atoms with Crippen LogP contribution in [0, 0.1) is 11.8 Å². The van der Waals surface area contributed by atoms with Crippen molar-refractivity contribution < 1.29 is 0 Å². The molecule has 0 saturated carbocycles. The Kier molecular flexibility index (Phi) is 4.94. The molecule has 0 saturated heterocycles. The lowest BCUT2D eigenvalue weighted by Gasteiger charge is -2.30. The summed E-state index contributed by atoms with van der Waals surface area (Å²) in [5.41, 5.74) is 5.74. The molecule has 4 atom stereocenters. The van der Waals surface area contributed by atoms with Gasteiger partial charge < -0.3 is 0 Å². The zero-order valence-electron chi connectivity index (χ0n) is 17.9. The number of rotatable bonds is 4. The first-order valence-corrected chi connectivity index (χ1v) is 11.0. The van der Waals surface area contributed by atoms with E-state index >= 15 is 0 Å². The van der Waals surface area contributed by atoms with Crippen LogP contribution in [-0.4, -0.2) is 19.6 Å². The van der Waals surface area contributed by atoms with Crippen molar-refractivity contribution in [3.05, 3.63) is 34.9 Å². The quantitative estimate of drug-likeness (QED) is 0.677. The SMILES string of the molecule is CC(C)[C@H]1CC[C@H](C)c2nn(Cn3ncc4c3[C@@H](C(C)C)CC[C@H]4C)cc21. The first-order valence-electron chi connectivity index (χ1n) is 11.0. The highest BCUT2D eigenvalue weighted by Gasteiger charge is 2.32. The highest BCUT2D eigenvalue weighted by Crippen LogP contribution is 2.43. The predicted molar refractivity (Wildman–Crippen MR) is 110 cm³/mol. The zero-order valence-corrected chi connectivity index (χ0v) is 17.9. The summed E-state index contributed by atoms with van der Waals surface area (Å²) >= 11 is 0. The molecule has 4 nitrogen and oxygen atoms in total. The monoisotopic (exact) mass is 368 g/mol. The molecular weight excluding hydrogens is 332 g/mol. The van der Waals surface area contributed by atoms with Gasteiger partial charge in [0.05, 0.1) is 11.9 Å². The number of hydrogen-bond acceptors (Lipinski definition) is 2. The van der Waals surface area contributed by atoms with Gasteiger partial charge in [-0.25, -0.2) is 4.68 Å². The van der Waals surface area contributed by atoms with Gasteiger partial charge in [0.25, 0.3) is 0 Å². The lowest BCUT2D eigenvalue weighted by molar-refractivity contribution is 0.369. The lowest BCUT2D eigenvalue weighted by Crippen LogP contribution is -2.22. The molecule has 4 rings (SSSR count). The molecule has 2 heterocycles. The van der Waals surface area contributed by atoms with Crippen molar-refractivity contribution in [3.63, 3.8) is 0 Å². The van der Waals surface area contributed by atoms with E-state index in [9.17, 15) is 0 Å². The molecule has 2 aromatic rings. The van der Waals surface area contributed by atoms with E-state index < -0.39 is 0 Å². The van der Waals surface area contributed by atoms with Crippen LogP contribution in [0.25, 0.3) is 0 Å². The molecule has 0 aliphatic heterocycles. The summed E-state index contributed by atoms with van der Waals surface area (Å²) in [5.74, 6) is 3.80. The topological polar surface area (TPSA) is 35.6 Å². The largest absolute Gasteiger partial charge is 0.251 e. The maximum Gasteiger partial charge on any atom is 0.133 e. The smallest absolute Gasteiger partial charge is 0.133 e. The lowest BCUT2D eigenvalue weighted by atomic mass is 9.76. The molecule has 0 radical (unpaired) electrons. The second kappa shape index (κ2) is 7.10. The van der Waals surface area contributed by atoms with Gasteiger partial charge in [-0.2, -0.15) is 10.2 Å². The summed E-state index contributed by atoms with van der Waals surface area (Å²) in [6, 6.07) is 0. The minimum absolute atomic E-state index is 0.575. The van der Waals surface area contributed by atoms with Gasteiger partial charge in [-0.1, -0.05) is 41.5 Å². The van der Waals surface area contributed by atoms with Crippen LogP contribution in [0.15, 0.2) is 12.4 Å². The standard InChI is InChI=1S/C23H36N4/c1-14(2)18-9-8-17(6)22-21(18)12-26(25-22)13-27-23-19(15(3)4)10-7-16(5)20(23)11-24-27/h11-12,14-19H,7-10,13H2,1-6H3/t16-,17+,18-,19-/m1/s1. The minimum atomic E-state index is 0.575. The first-order chi connectivity index (χ1) is 12.9. The normalized spacial score (nSPS) is 27.9. The third kappa shape index (κ3) is 3.25. The van der Waals surface area contributed by atoms with Gasteiger partial charge >= 0.3 is 0 Å². The van der Waals surface area contributed by atoms with Crippen molar-refractivity contribution >= 4 is 0 Å². The summed E-state index contributed by atoms with van der Waals surface area (Å²) in [6.45, 7) is 14.8. The fraction of sp³-hybridized carbons (Fsp3) is 0.739. The minimum Gasteiger partial charge on any atom is -0.251 e. The molecule has 0 fully saturated rings. The molecule has 2 aromatic heterocycles. The van der Waals surface area contributed by atoms with Crippen molar-refractivity contribution in [1.29, 1.82) is 0 Å². The average Bonchev–Trinajstić information content (AvgIpc) is 3.21. The van der Waals surface area contributed by atoms with Gasteiger partial charge in [0.1, 0.15) is 6.67 Å². The van der Waals surface area contributed by atoms with Crippen LogP contribution < -0.4 is 0 Å². The summed E-state index contributed by atoms with van der Waals surface area (Å²) in [4.78, 5) is 0. The van der Waals surface area contributed by atoms with Gasteiger partial charge in [0.15, 0.2) is 0 Å². The van der Waals surface area contributed by atoms with Gasteiger partial charge in [0.2, 0.25) is 0 Å². The highest BCUT2D eigenvalue weighted by atomic mass is 15.4. The molecule has 0 bridgehead atoms. The Morgan fingerprint density at radius 1 is 0.926 bits per heavy atom. The van der Waals surface area contributed by atoms with E-state index in [0.29, 0.717) is 35.5 Å². The van der Waals surface area contributed by atoms with Gasteiger partial charge in [-0.05, 0) is 60.5 Å². The predicted octanol–water partition coefficient (Wildman–Crippen LogP) is 5.86. The summed E-state index contributed by atoms with van der Waals surface area (Å²) in [6.07, 6.45) is 9.56. The second-order valence-corrected chi connectivity index (χ2v) is 9.79. The average molecular weight is 369 g/mol. The Balaban J connectivity index is 1.68. The molecule has 148 valence electrons.